The molecule has 7 heteroatoms. The van der Waals surface area contributed by atoms with Crippen LogP contribution in [-0.2, 0) is 11.3 Å². The van der Waals surface area contributed by atoms with Crippen LogP contribution in [0.1, 0.15) is 42.9 Å². The van der Waals surface area contributed by atoms with E-state index in [1.165, 1.54) is 0 Å². The molecule has 0 aromatic heterocycles. The van der Waals surface area contributed by atoms with Crippen molar-refractivity contribution in [2.45, 2.75) is 44.4 Å². The predicted octanol–water partition coefficient (Wildman–Crippen LogP) is 6.38. The van der Waals surface area contributed by atoms with E-state index in [0.29, 0.717) is 13.0 Å². The number of azide groups is 1. The lowest BCUT2D eigenvalue weighted by molar-refractivity contribution is 0.0392. The van der Waals surface area contributed by atoms with E-state index < -0.39 is 0 Å². The Labute approximate surface area is 173 Å². The van der Waals surface area contributed by atoms with E-state index in [0.717, 1.165) is 34.9 Å². The number of carbonyl (C=O) groups excluding carboxylic acids is 1. The van der Waals surface area contributed by atoms with E-state index in [1.54, 1.807) is 0 Å². The zero-order chi connectivity index (χ0) is 19.8. The highest BCUT2D eigenvalue weighted by atomic mass is 79.9. The number of amides is 1. The summed E-state index contributed by atoms with van der Waals surface area (Å²) in [7, 11) is 0. The van der Waals surface area contributed by atoms with Crippen LogP contribution in [0.25, 0.3) is 10.4 Å². The number of carbonyl (C=O) groups is 1. The van der Waals surface area contributed by atoms with Gasteiger partial charge in [0.05, 0.1) is 6.04 Å². The highest BCUT2D eigenvalue weighted by Crippen LogP contribution is 2.36. The smallest absolute Gasteiger partial charge is 0.410 e. The Hall–Kier alpha value is -2.50. The highest BCUT2D eigenvalue weighted by Gasteiger charge is 2.35. The van der Waals surface area contributed by atoms with Gasteiger partial charge in [0, 0.05) is 22.0 Å². The lowest BCUT2D eigenvalue weighted by Gasteiger charge is -2.41. The van der Waals surface area contributed by atoms with Crippen molar-refractivity contribution < 1.29 is 9.53 Å². The van der Waals surface area contributed by atoms with E-state index in [1.807, 2.05) is 59.5 Å². The Morgan fingerprint density at radius 2 is 1.93 bits per heavy atom. The molecule has 2 atom stereocenters. The van der Waals surface area contributed by atoms with Crippen molar-refractivity contribution in [2.75, 3.05) is 6.54 Å². The Morgan fingerprint density at radius 1 is 1.18 bits per heavy atom. The number of piperidine rings is 1. The van der Waals surface area contributed by atoms with E-state index in [2.05, 4.69) is 26.0 Å². The van der Waals surface area contributed by atoms with Crippen LogP contribution in [0.5, 0.6) is 0 Å². The molecule has 1 amide bonds. The van der Waals surface area contributed by atoms with Crippen molar-refractivity contribution >= 4 is 22.0 Å². The van der Waals surface area contributed by atoms with Crippen molar-refractivity contribution in [2.24, 2.45) is 5.11 Å². The molecule has 1 fully saturated rings. The molecule has 0 saturated carbocycles. The number of likely N-dealkylation sites (tertiary alicyclic amines) is 1. The monoisotopic (exact) mass is 442 g/mol. The van der Waals surface area contributed by atoms with Gasteiger partial charge < -0.3 is 4.74 Å². The first kappa shape index (κ1) is 20.2. The quantitative estimate of drug-likeness (QED) is 0.295. The molecule has 1 aliphatic rings. The maximum Gasteiger partial charge on any atom is 0.410 e. The molecule has 0 radical (unpaired) electrons. The van der Waals surface area contributed by atoms with Gasteiger partial charge in [-0.1, -0.05) is 63.5 Å². The fraction of sp³-hybridized carbons (Fsp3) is 0.381. The van der Waals surface area contributed by atoms with E-state index in [9.17, 15) is 4.79 Å². The Bertz CT molecular complexity index is 822. The third-order valence-corrected chi connectivity index (χ3v) is 5.57. The number of ether oxygens (including phenoxy) is 1. The topological polar surface area (TPSA) is 78.3 Å². The summed E-state index contributed by atoms with van der Waals surface area (Å²) in [6.07, 6.45) is 3.11. The molecule has 1 aliphatic heterocycles. The van der Waals surface area contributed by atoms with Gasteiger partial charge in [0.25, 0.3) is 0 Å². The van der Waals surface area contributed by atoms with Crippen LogP contribution < -0.4 is 0 Å². The van der Waals surface area contributed by atoms with Gasteiger partial charge in [0.1, 0.15) is 6.61 Å². The summed E-state index contributed by atoms with van der Waals surface area (Å²) in [6.45, 7) is 0.614. The summed E-state index contributed by atoms with van der Waals surface area (Å²) >= 11 is 3.47. The normalized spacial score (nSPS) is 19.0. The van der Waals surface area contributed by atoms with Gasteiger partial charge >= 0.3 is 6.09 Å². The van der Waals surface area contributed by atoms with Crippen LogP contribution in [-0.4, -0.2) is 23.6 Å². The predicted molar refractivity (Wildman–Crippen MR) is 112 cm³/mol. The number of rotatable bonds is 6. The van der Waals surface area contributed by atoms with Crippen LogP contribution in [0.4, 0.5) is 4.79 Å². The van der Waals surface area contributed by atoms with Gasteiger partial charge in [-0.2, -0.15) is 0 Å². The van der Waals surface area contributed by atoms with Crippen molar-refractivity contribution in [3.8, 4) is 0 Å². The largest absolute Gasteiger partial charge is 0.445 e. The number of hydrogen-bond donors (Lipinski definition) is 0. The number of hydrogen-bond acceptors (Lipinski definition) is 3. The minimum absolute atomic E-state index is 0.00355. The minimum atomic E-state index is -0.317. The van der Waals surface area contributed by atoms with Crippen molar-refractivity contribution in [3.63, 3.8) is 0 Å². The fourth-order valence-electron chi connectivity index (χ4n) is 3.70. The molecule has 2 aromatic rings. The summed E-state index contributed by atoms with van der Waals surface area (Å²) in [5.74, 6) is 0. The summed E-state index contributed by atoms with van der Waals surface area (Å²) in [4.78, 5) is 17.7. The molecule has 1 heterocycles. The molecule has 0 aliphatic carbocycles. The van der Waals surface area contributed by atoms with Gasteiger partial charge in [-0.05, 0) is 54.5 Å². The third kappa shape index (κ3) is 5.27. The molecular formula is C21H23BrN4O2. The second-order valence-electron chi connectivity index (χ2n) is 6.84. The van der Waals surface area contributed by atoms with Crippen molar-refractivity contribution in [1.82, 2.24) is 4.90 Å². The van der Waals surface area contributed by atoms with Crippen molar-refractivity contribution in [3.05, 3.63) is 80.6 Å². The first-order chi connectivity index (χ1) is 13.7. The van der Waals surface area contributed by atoms with Gasteiger partial charge in [-0.25, -0.2) is 4.79 Å². The average molecular weight is 443 g/mol. The summed E-state index contributed by atoms with van der Waals surface area (Å²) < 4.78 is 6.66. The Kier molecular flexibility index (Phi) is 7.34. The van der Waals surface area contributed by atoms with Crippen LogP contribution in [0.3, 0.4) is 0 Å². The van der Waals surface area contributed by atoms with Crippen molar-refractivity contribution in [1.29, 1.82) is 0 Å². The van der Waals surface area contributed by atoms with Crippen LogP contribution in [0.2, 0.25) is 0 Å². The zero-order valence-electron chi connectivity index (χ0n) is 15.6. The number of halogens is 1. The van der Waals surface area contributed by atoms with E-state index >= 15 is 0 Å². The molecule has 0 bridgehead atoms. The standard InChI is InChI=1S/C21H23BrN4O2/c22-18-11-9-17(10-12-18)20-8-4-7-19(13-14-24-25-23)26(20)21(27)28-15-16-5-2-1-3-6-16/h1-3,5-6,9-12,19-20H,4,7-8,13-15H2/t19-,20-/m0/s1. The minimum Gasteiger partial charge on any atom is -0.445 e. The Balaban J connectivity index is 1.79. The molecule has 28 heavy (non-hydrogen) atoms. The average Bonchev–Trinajstić information content (AvgIpc) is 2.73. The maximum absolute atomic E-state index is 13.1. The molecular weight excluding hydrogens is 420 g/mol. The SMILES string of the molecule is [N-]=[N+]=NCC[C@@H]1CCC[C@@H](c2ccc(Br)cc2)N1C(=O)OCc1ccccc1. The highest BCUT2D eigenvalue weighted by molar-refractivity contribution is 9.10. The van der Waals surface area contributed by atoms with Crippen LogP contribution in [0.15, 0.2) is 64.2 Å². The molecule has 0 spiro atoms. The molecule has 3 rings (SSSR count). The first-order valence-electron chi connectivity index (χ1n) is 9.44. The zero-order valence-corrected chi connectivity index (χ0v) is 17.2. The molecule has 0 unspecified atom stereocenters. The number of nitrogens with zero attached hydrogens (tertiary/aromatic N) is 4. The fourth-order valence-corrected chi connectivity index (χ4v) is 3.96. The van der Waals surface area contributed by atoms with Gasteiger partial charge in [0.2, 0.25) is 0 Å². The Morgan fingerprint density at radius 3 is 2.64 bits per heavy atom. The van der Waals surface area contributed by atoms with Crippen LogP contribution >= 0.6 is 15.9 Å². The van der Waals surface area contributed by atoms with E-state index in [4.69, 9.17) is 10.3 Å². The number of benzene rings is 2. The van der Waals surface area contributed by atoms with Gasteiger partial charge in [0.15, 0.2) is 0 Å². The summed E-state index contributed by atoms with van der Waals surface area (Å²) in [6, 6.07) is 17.7. The lowest BCUT2D eigenvalue weighted by Crippen LogP contribution is -2.46. The van der Waals surface area contributed by atoms with Gasteiger partial charge in [-0.3, -0.25) is 4.90 Å². The van der Waals surface area contributed by atoms with E-state index in [-0.39, 0.29) is 24.8 Å². The molecule has 1 saturated heterocycles. The van der Waals surface area contributed by atoms with Crippen LogP contribution in [0, 0.1) is 0 Å². The second kappa shape index (κ2) is 10.2. The molecule has 146 valence electrons. The van der Waals surface area contributed by atoms with Gasteiger partial charge in [-0.15, -0.1) is 0 Å². The summed E-state index contributed by atoms with van der Waals surface area (Å²) in [5.41, 5.74) is 10.6. The second-order valence-corrected chi connectivity index (χ2v) is 7.76. The summed E-state index contributed by atoms with van der Waals surface area (Å²) in [5, 5.41) is 3.66. The lowest BCUT2D eigenvalue weighted by atomic mass is 9.90. The molecule has 6 nitrogen and oxygen atoms in total. The molecule has 2 aromatic carbocycles. The molecule has 0 N–H and O–H groups in total. The third-order valence-electron chi connectivity index (χ3n) is 5.04. The maximum atomic E-state index is 13.1. The first-order valence-corrected chi connectivity index (χ1v) is 10.2.